The summed E-state index contributed by atoms with van der Waals surface area (Å²) in [7, 11) is 0. The van der Waals surface area contributed by atoms with Gasteiger partial charge in [-0.3, -0.25) is 9.78 Å². The summed E-state index contributed by atoms with van der Waals surface area (Å²) < 4.78 is 0. The molecule has 1 aromatic carbocycles. The SMILES string of the molecule is CCNC(=O)c1cc(NCc2ccccc2Cl)ccn1. The van der Waals surface area contributed by atoms with Crippen LogP contribution in [0.2, 0.25) is 5.02 Å². The highest BCUT2D eigenvalue weighted by atomic mass is 35.5. The molecule has 0 spiro atoms. The summed E-state index contributed by atoms with van der Waals surface area (Å²) in [6, 6.07) is 11.2. The predicted octanol–water partition coefficient (Wildman–Crippen LogP) is 3.10. The first-order valence-electron chi connectivity index (χ1n) is 6.42. The number of hydrogen-bond donors (Lipinski definition) is 2. The first kappa shape index (κ1) is 14.3. The maximum Gasteiger partial charge on any atom is 0.269 e. The van der Waals surface area contributed by atoms with Gasteiger partial charge < -0.3 is 10.6 Å². The van der Waals surface area contributed by atoms with Crippen LogP contribution in [-0.2, 0) is 6.54 Å². The van der Waals surface area contributed by atoms with Crippen molar-refractivity contribution in [3.05, 3.63) is 58.9 Å². The maximum absolute atomic E-state index is 11.7. The molecule has 1 heterocycles. The van der Waals surface area contributed by atoms with E-state index in [-0.39, 0.29) is 5.91 Å². The molecule has 0 aliphatic rings. The van der Waals surface area contributed by atoms with E-state index < -0.39 is 0 Å². The lowest BCUT2D eigenvalue weighted by Gasteiger charge is -2.09. The van der Waals surface area contributed by atoms with Crippen LogP contribution in [0.5, 0.6) is 0 Å². The van der Waals surface area contributed by atoms with Crippen molar-refractivity contribution in [1.82, 2.24) is 10.3 Å². The van der Waals surface area contributed by atoms with Crippen LogP contribution in [0.25, 0.3) is 0 Å². The molecule has 0 atom stereocenters. The Kier molecular flexibility index (Phi) is 4.96. The molecule has 2 rings (SSSR count). The molecule has 0 saturated heterocycles. The van der Waals surface area contributed by atoms with Gasteiger partial charge in [0.15, 0.2) is 0 Å². The number of benzene rings is 1. The highest BCUT2D eigenvalue weighted by molar-refractivity contribution is 6.31. The second-order valence-electron chi connectivity index (χ2n) is 4.23. The number of anilines is 1. The smallest absolute Gasteiger partial charge is 0.269 e. The van der Waals surface area contributed by atoms with Gasteiger partial charge in [-0.25, -0.2) is 0 Å². The molecule has 0 bridgehead atoms. The molecule has 0 aliphatic heterocycles. The second kappa shape index (κ2) is 6.91. The van der Waals surface area contributed by atoms with Crippen molar-refractivity contribution < 1.29 is 4.79 Å². The summed E-state index contributed by atoms with van der Waals surface area (Å²) in [6.07, 6.45) is 1.61. The number of pyridine rings is 1. The third kappa shape index (κ3) is 3.71. The number of carbonyl (C=O) groups excluding carboxylic acids is 1. The second-order valence-corrected chi connectivity index (χ2v) is 4.64. The number of amides is 1. The van der Waals surface area contributed by atoms with E-state index in [4.69, 9.17) is 11.6 Å². The van der Waals surface area contributed by atoms with Gasteiger partial charge in [-0.05, 0) is 30.7 Å². The van der Waals surface area contributed by atoms with E-state index >= 15 is 0 Å². The minimum absolute atomic E-state index is 0.172. The van der Waals surface area contributed by atoms with E-state index in [9.17, 15) is 4.79 Å². The summed E-state index contributed by atoms with van der Waals surface area (Å²) in [4.78, 5) is 15.8. The average molecular weight is 290 g/mol. The van der Waals surface area contributed by atoms with Crippen molar-refractivity contribution in [3.8, 4) is 0 Å². The largest absolute Gasteiger partial charge is 0.381 e. The van der Waals surface area contributed by atoms with Crippen LogP contribution in [0, 0.1) is 0 Å². The molecule has 0 radical (unpaired) electrons. The van der Waals surface area contributed by atoms with Crippen molar-refractivity contribution in [2.45, 2.75) is 13.5 Å². The van der Waals surface area contributed by atoms with Crippen molar-refractivity contribution in [2.24, 2.45) is 0 Å². The van der Waals surface area contributed by atoms with Crippen molar-refractivity contribution in [2.75, 3.05) is 11.9 Å². The van der Waals surface area contributed by atoms with Gasteiger partial charge in [0.2, 0.25) is 0 Å². The lowest BCUT2D eigenvalue weighted by molar-refractivity contribution is 0.0951. The van der Waals surface area contributed by atoms with Crippen LogP contribution in [0.1, 0.15) is 23.0 Å². The molecule has 1 aromatic heterocycles. The molecular weight excluding hydrogens is 274 g/mol. The number of carbonyl (C=O) groups is 1. The van der Waals surface area contributed by atoms with Crippen LogP contribution in [-0.4, -0.2) is 17.4 Å². The van der Waals surface area contributed by atoms with Crippen LogP contribution in [0.3, 0.4) is 0 Å². The van der Waals surface area contributed by atoms with Gasteiger partial charge in [0.25, 0.3) is 5.91 Å². The maximum atomic E-state index is 11.7. The minimum atomic E-state index is -0.172. The van der Waals surface area contributed by atoms with Gasteiger partial charge in [-0.2, -0.15) is 0 Å². The third-order valence-electron chi connectivity index (χ3n) is 2.77. The molecule has 20 heavy (non-hydrogen) atoms. The lowest BCUT2D eigenvalue weighted by Crippen LogP contribution is -2.23. The quantitative estimate of drug-likeness (QED) is 0.889. The molecule has 5 heteroatoms. The van der Waals surface area contributed by atoms with Gasteiger partial charge in [-0.1, -0.05) is 29.8 Å². The Hall–Kier alpha value is -2.07. The van der Waals surface area contributed by atoms with Gasteiger partial charge in [0.05, 0.1) is 0 Å². The molecule has 1 amide bonds. The van der Waals surface area contributed by atoms with E-state index in [0.717, 1.165) is 16.3 Å². The van der Waals surface area contributed by atoms with Gasteiger partial charge in [0.1, 0.15) is 5.69 Å². The molecule has 2 aromatic rings. The van der Waals surface area contributed by atoms with Crippen molar-refractivity contribution >= 4 is 23.2 Å². The highest BCUT2D eigenvalue weighted by Crippen LogP contribution is 2.17. The van der Waals surface area contributed by atoms with E-state index in [2.05, 4.69) is 15.6 Å². The molecule has 0 unspecified atom stereocenters. The Labute approximate surface area is 123 Å². The van der Waals surface area contributed by atoms with Crippen LogP contribution < -0.4 is 10.6 Å². The molecule has 0 fully saturated rings. The topological polar surface area (TPSA) is 54.0 Å². The van der Waals surface area contributed by atoms with E-state index in [1.807, 2.05) is 37.3 Å². The van der Waals surface area contributed by atoms with E-state index in [0.29, 0.717) is 18.8 Å². The summed E-state index contributed by atoms with van der Waals surface area (Å²) >= 11 is 6.10. The fraction of sp³-hybridized carbons (Fsp3) is 0.200. The zero-order chi connectivity index (χ0) is 14.4. The van der Waals surface area contributed by atoms with Crippen LogP contribution in [0.15, 0.2) is 42.6 Å². The number of halogens is 1. The first-order chi connectivity index (χ1) is 9.70. The lowest BCUT2D eigenvalue weighted by atomic mass is 10.2. The Morgan fingerprint density at radius 2 is 2.10 bits per heavy atom. The number of aromatic nitrogens is 1. The normalized spacial score (nSPS) is 10.1. The van der Waals surface area contributed by atoms with E-state index in [1.54, 1.807) is 12.3 Å². The number of rotatable bonds is 5. The average Bonchev–Trinajstić information content (AvgIpc) is 2.47. The van der Waals surface area contributed by atoms with Gasteiger partial charge >= 0.3 is 0 Å². The van der Waals surface area contributed by atoms with Crippen molar-refractivity contribution in [1.29, 1.82) is 0 Å². The summed E-state index contributed by atoms with van der Waals surface area (Å²) in [5.41, 5.74) is 2.24. The number of hydrogen-bond acceptors (Lipinski definition) is 3. The van der Waals surface area contributed by atoms with Crippen LogP contribution >= 0.6 is 11.6 Å². The predicted molar refractivity (Wildman–Crippen MR) is 81.0 cm³/mol. The molecule has 0 saturated carbocycles. The Bertz CT molecular complexity index is 601. The molecule has 104 valence electrons. The molecule has 0 aliphatic carbocycles. The van der Waals surface area contributed by atoms with Gasteiger partial charge in [-0.15, -0.1) is 0 Å². The zero-order valence-electron chi connectivity index (χ0n) is 11.2. The first-order valence-corrected chi connectivity index (χ1v) is 6.80. The van der Waals surface area contributed by atoms with Gasteiger partial charge in [0, 0.05) is 30.0 Å². The summed E-state index contributed by atoms with van der Waals surface area (Å²) in [5, 5.41) is 6.68. The number of nitrogens with one attached hydrogen (secondary N) is 2. The zero-order valence-corrected chi connectivity index (χ0v) is 11.9. The molecule has 4 nitrogen and oxygen atoms in total. The third-order valence-corrected chi connectivity index (χ3v) is 3.14. The van der Waals surface area contributed by atoms with Crippen LogP contribution in [0.4, 0.5) is 5.69 Å². The van der Waals surface area contributed by atoms with Crippen molar-refractivity contribution in [3.63, 3.8) is 0 Å². The molecular formula is C15H16ClN3O. The fourth-order valence-corrected chi connectivity index (χ4v) is 1.96. The fourth-order valence-electron chi connectivity index (χ4n) is 1.75. The number of nitrogens with zero attached hydrogens (tertiary/aromatic N) is 1. The minimum Gasteiger partial charge on any atom is -0.381 e. The highest BCUT2D eigenvalue weighted by Gasteiger charge is 2.06. The molecule has 2 N–H and O–H groups in total. The van der Waals surface area contributed by atoms with E-state index in [1.165, 1.54) is 0 Å². The summed E-state index contributed by atoms with van der Waals surface area (Å²) in [6.45, 7) is 3.05. The Balaban J connectivity index is 2.05. The summed E-state index contributed by atoms with van der Waals surface area (Å²) in [5.74, 6) is -0.172. The Morgan fingerprint density at radius 3 is 2.85 bits per heavy atom. The Morgan fingerprint density at radius 1 is 1.30 bits per heavy atom. The monoisotopic (exact) mass is 289 g/mol. The standard InChI is InChI=1S/C15H16ClN3O/c1-2-17-15(20)14-9-12(7-8-18-14)19-10-11-5-3-4-6-13(11)16/h3-9H,2,10H2,1H3,(H,17,20)(H,18,19).